The van der Waals surface area contributed by atoms with Crippen LogP contribution in [0.1, 0.15) is 108 Å². The van der Waals surface area contributed by atoms with Gasteiger partial charge in [-0.1, -0.05) is 120 Å². The molecule has 0 aliphatic rings. The molecule has 0 saturated carbocycles. The molecule has 0 bridgehead atoms. The van der Waals surface area contributed by atoms with Crippen molar-refractivity contribution in [2.45, 2.75) is 97.3 Å². The smallest absolute Gasteiger partial charge is 0.335 e. The first-order chi connectivity index (χ1) is 18.7. The molecular weight excluding hydrogens is 484 g/mol. The van der Waals surface area contributed by atoms with Gasteiger partial charge in [-0.25, -0.2) is 4.79 Å². The van der Waals surface area contributed by atoms with E-state index in [2.05, 4.69) is 70.2 Å². The molecule has 2 rings (SSSR count). The van der Waals surface area contributed by atoms with Crippen molar-refractivity contribution in [3.05, 3.63) is 96.1 Å². The van der Waals surface area contributed by atoms with Crippen LogP contribution in [-0.2, 0) is 10.2 Å². The van der Waals surface area contributed by atoms with Crippen LogP contribution in [0, 0.1) is 0 Å². The highest BCUT2D eigenvalue weighted by molar-refractivity contribution is 5.89. The summed E-state index contributed by atoms with van der Waals surface area (Å²) in [6.45, 7) is 8.63. The molecule has 4 nitrogen and oxygen atoms in total. The summed E-state index contributed by atoms with van der Waals surface area (Å²) in [5, 5.41) is 17.6. The van der Waals surface area contributed by atoms with E-state index in [0.29, 0.717) is 12.0 Å². The van der Waals surface area contributed by atoms with E-state index < -0.39 is 11.9 Å². The quantitative estimate of drug-likeness (QED) is 0.177. The third kappa shape index (κ3) is 15.6. The van der Waals surface area contributed by atoms with Crippen LogP contribution in [0.25, 0.3) is 11.1 Å². The molecule has 0 aliphatic carbocycles. The second-order valence-corrected chi connectivity index (χ2v) is 10.7. The third-order valence-corrected chi connectivity index (χ3v) is 6.20. The Morgan fingerprint density at radius 2 is 1.36 bits per heavy atom. The van der Waals surface area contributed by atoms with Gasteiger partial charge in [-0.15, -0.1) is 0 Å². The van der Waals surface area contributed by atoms with Crippen molar-refractivity contribution in [3.63, 3.8) is 0 Å². The Morgan fingerprint density at radius 3 is 2.00 bits per heavy atom. The molecule has 0 spiro atoms. The maximum atomic E-state index is 11.1. The molecule has 0 unspecified atom stereocenters. The number of carboxylic acids is 2. The van der Waals surface area contributed by atoms with E-state index in [1.807, 2.05) is 24.3 Å². The van der Waals surface area contributed by atoms with Gasteiger partial charge >= 0.3 is 11.9 Å². The summed E-state index contributed by atoms with van der Waals surface area (Å²) in [6.07, 6.45) is 23.4. The van der Waals surface area contributed by atoms with Gasteiger partial charge in [0.1, 0.15) is 0 Å². The largest absolute Gasteiger partial charge is 0.481 e. The van der Waals surface area contributed by atoms with E-state index in [4.69, 9.17) is 10.2 Å². The fourth-order valence-corrected chi connectivity index (χ4v) is 4.10. The molecule has 0 fully saturated rings. The standard InChI is InChI=1S/C18H30O2.C17H18O2/c1-2-3-4-5-6-7-8-9-10-11-12-13-14-15-16-17-18(19)20;1-17(2,3)15-10-5-4-9-14(15)12-7-6-8-13(11-12)16(18)19/h3-4,6-7,9-10H,2,5,8,11-17H2,1H3,(H,19,20);4-11H,1-3H3,(H,18,19)/b4-3+,7-6+,10-9+;. The number of carbonyl (C=O) groups is 2. The van der Waals surface area contributed by atoms with E-state index >= 15 is 0 Å². The monoisotopic (exact) mass is 532 g/mol. The normalized spacial score (nSPS) is 11.7. The molecule has 2 N–H and O–H groups in total. The number of allylic oxidation sites excluding steroid dienone is 6. The zero-order valence-electron chi connectivity index (χ0n) is 24.4. The van der Waals surface area contributed by atoms with Gasteiger partial charge in [0.25, 0.3) is 0 Å². The molecule has 0 radical (unpaired) electrons. The van der Waals surface area contributed by atoms with Crippen LogP contribution in [0.2, 0.25) is 0 Å². The Hall–Kier alpha value is -3.40. The average Bonchev–Trinajstić information content (AvgIpc) is 2.90. The third-order valence-electron chi connectivity index (χ3n) is 6.20. The van der Waals surface area contributed by atoms with Crippen molar-refractivity contribution in [2.75, 3.05) is 0 Å². The summed E-state index contributed by atoms with van der Waals surface area (Å²) in [7, 11) is 0. The Balaban J connectivity index is 0.000000390. The zero-order valence-corrected chi connectivity index (χ0v) is 24.4. The maximum absolute atomic E-state index is 11.1. The van der Waals surface area contributed by atoms with Crippen LogP contribution in [0.5, 0.6) is 0 Å². The first kappa shape index (κ1) is 33.6. The molecule has 0 saturated heterocycles. The second-order valence-electron chi connectivity index (χ2n) is 10.7. The number of rotatable bonds is 15. The summed E-state index contributed by atoms with van der Waals surface area (Å²) < 4.78 is 0. The zero-order chi connectivity index (χ0) is 28.9. The summed E-state index contributed by atoms with van der Waals surface area (Å²) >= 11 is 0. The van der Waals surface area contributed by atoms with Crippen molar-refractivity contribution in [1.82, 2.24) is 0 Å². The highest BCUT2D eigenvalue weighted by Crippen LogP contribution is 2.33. The minimum atomic E-state index is -0.893. The van der Waals surface area contributed by atoms with Crippen LogP contribution >= 0.6 is 0 Å². The molecule has 212 valence electrons. The topological polar surface area (TPSA) is 74.6 Å². The molecule has 0 amide bonds. The predicted molar refractivity (Wildman–Crippen MR) is 164 cm³/mol. The van der Waals surface area contributed by atoms with Gasteiger partial charge in [-0.3, -0.25) is 4.79 Å². The highest BCUT2D eigenvalue weighted by atomic mass is 16.4. The molecule has 0 aliphatic heterocycles. The Bertz CT molecular complexity index is 1070. The van der Waals surface area contributed by atoms with Crippen LogP contribution in [-0.4, -0.2) is 22.2 Å². The number of aliphatic carboxylic acids is 1. The average molecular weight is 533 g/mol. The number of aromatic carboxylic acids is 1. The first-order valence-corrected chi connectivity index (χ1v) is 14.3. The minimum absolute atomic E-state index is 0.0236. The van der Waals surface area contributed by atoms with Crippen LogP contribution in [0.3, 0.4) is 0 Å². The first-order valence-electron chi connectivity index (χ1n) is 14.3. The predicted octanol–water partition coefficient (Wildman–Crippen LogP) is 10.0. The van der Waals surface area contributed by atoms with Gasteiger partial charge in [-0.05, 0) is 72.8 Å². The van der Waals surface area contributed by atoms with Crippen molar-refractivity contribution in [1.29, 1.82) is 0 Å². The summed E-state index contributed by atoms with van der Waals surface area (Å²) in [5.41, 5.74) is 3.61. The molecule has 0 heterocycles. The molecule has 0 aromatic heterocycles. The molecule has 0 atom stereocenters. The van der Waals surface area contributed by atoms with Gasteiger partial charge in [0.15, 0.2) is 0 Å². The number of unbranched alkanes of at least 4 members (excludes halogenated alkanes) is 5. The van der Waals surface area contributed by atoms with Crippen molar-refractivity contribution in [3.8, 4) is 11.1 Å². The van der Waals surface area contributed by atoms with Gasteiger partial charge in [-0.2, -0.15) is 0 Å². The molecular formula is C35H48O4. The van der Waals surface area contributed by atoms with Gasteiger partial charge in [0.05, 0.1) is 5.56 Å². The van der Waals surface area contributed by atoms with Gasteiger partial charge in [0.2, 0.25) is 0 Å². The maximum Gasteiger partial charge on any atom is 0.335 e. The molecule has 2 aromatic carbocycles. The highest BCUT2D eigenvalue weighted by Gasteiger charge is 2.18. The van der Waals surface area contributed by atoms with Crippen LogP contribution in [0.15, 0.2) is 85.0 Å². The lowest BCUT2D eigenvalue weighted by molar-refractivity contribution is -0.137. The van der Waals surface area contributed by atoms with Crippen molar-refractivity contribution < 1.29 is 19.8 Å². The minimum Gasteiger partial charge on any atom is -0.481 e. The Labute approximate surface area is 236 Å². The fourth-order valence-electron chi connectivity index (χ4n) is 4.10. The Morgan fingerprint density at radius 1 is 0.744 bits per heavy atom. The number of hydrogen-bond donors (Lipinski definition) is 2. The number of benzene rings is 2. The molecule has 39 heavy (non-hydrogen) atoms. The molecule has 4 heteroatoms. The summed E-state index contributed by atoms with van der Waals surface area (Å²) in [5.74, 6) is -1.57. The van der Waals surface area contributed by atoms with E-state index in [-0.39, 0.29) is 5.41 Å². The van der Waals surface area contributed by atoms with E-state index in [9.17, 15) is 9.59 Å². The fraction of sp³-hybridized carbons (Fsp3) is 0.429. The number of carboxylic acid groups (broad SMARTS) is 2. The van der Waals surface area contributed by atoms with Crippen LogP contribution < -0.4 is 0 Å². The summed E-state index contributed by atoms with van der Waals surface area (Å²) in [4.78, 5) is 21.4. The molecule has 2 aromatic rings. The lowest BCUT2D eigenvalue weighted by Gasteiger charge is -2.23. The van der Waals surface area contributed by atoms with E-state index in [0.717, 1.165) is 56.1 Å². The summed E-state index contributed by atoms with van der Waals surface area (Å²) in [6, 6.07) is 15.2. The van der Waals surface area contributed by atoms with Crippen LogP contribution in [0.4, 0.5) is 0 Å². The number of hydrogen-bond acceptors (Lipinski definition) is 2. The van der Waals surface area contributed by atoms with Crippen molar-refractivity contribution in [2.24, 2.45) is 0 Å². The van der Waals surface area contributed by atoms with Crippen molar-refractivity contribution >= 4 is 11.9 Å². The van der Waals surface area contributed by atoms with E-state index in [1.165, 1.54) is 18.4 Å². The van der Waals surface area contributed by atoms with Gasteiger partial charge < -0.3 is 10.2 Å². The second kappa shape index (κ2) is 19.6. The SMILES string of the molecule is CC(C)(C)c1ccccc1-c1cccc(C(=O)O)c1.CC/C=C/C/C=C/C/C=C/CCCCCCCC(=O)O. The lowest BCUT2D eigenvalue weighted by atomic mass is 9.82. The lowest BCUT2D eigenvalue weighted by Crippen LogP contribution is -2.12. The van der Waals surface area contributed by atoms with Gasteiger partial charge in [0, 0.05) is 6.42 Å². The Kier molecular flexibility index (Phi) is 16.9. The van der Waals surface area contributed by atoms with E-state index in [1.54, 1.807) is 18.2 Å².